The minimum absolute atomic E-state index is 0.121. The van der Waals surface area contributed by atoms with Gasteiger partial charge in [-0.1, -0.05) is 30.3 Å². The van der Waals surface area contributed by atoms with Crippen molar-refractivity contribution in [1.82, 2.24) is 4.90 Å². The second-order valence-electron chi connectivity index (χ2n) is 5.97. The van der Waals surface area contributed by atoms with Gasteiger partial charge in [-0.3, -0.25) is 4.90 Å². The predicted octanol–water partition coefficient (Wildman–Crippen LogP) is 4.36. The molecule has 4 rings (SSSR count). The number of fused-ring (bicyclic) bond motifs is 1. The van der Waals surface area contributed by atoms with Gasteiger partial charge >= 0.3 is 0 Å². The zero-order chi connectivity index (χ0) is 15.6. The largest absolute Gasteiger partial charge is 0.367 e. The van der Waals surface area contributed by atoms with Crippen molar-refractivity contribution >= 4 is 27.1 Å². The Morgan fingerprint density at radius 2 is 1.65 bits per heavy atom. The van der Waals surface area contributed by atoms with E-state index in [1.807, 2.05) is 23.5 Å². The first kappa shape index (κ1) is 14.7. The smallest absolute Gasteiger partial charge is 0.146 e. The Kier molecular flexibility index (Phi) is 4.02. The second kappa shape index (κ2) is 6.30. The molecule has 2 aromatic carbocycles. The highest BCUT2D eigenvalue weighted by molar-refractivity contribution is 7.17. The Balaban J connectivity index is 1.43. The van der Waals surface area contributed by atoms with Crippen LogP contribution in [-0.4, -0.2) is 31.1 Å². The third kappa shape index (κ3) is 2.96. The third-order valence-corrected chi connectivity index (χ3v) is 5.53. The Morgan fingerprint density at radius 3 is 2.48 bits per heavy atom. The number of piperazine rings is 1. The standard InChI is InChI=1S/C19H19FN2S/c20-17-6-2-3-7-18(17)22-11-9-21(10-12-22)13-15-14-23-19-8-4-1-5-16(15)19/h1-8,14H,9-13H2. The molecule has 1 aromatic heterocycles. The molecule has 0 atom stereocenters. The molecule has 0 spiro atoms. The zero-order valence-electron chi connectivity index (χ0n) is 12.9. The average Bonchev–Trinajstić information content (AvgIpc) is 2.99. The Hall–Kier alpha value is -1.91. The second-order valence-corrected chi connectivity index (χ2v) is 6.88. The van der Waals surface area contributed by atoms with E-state index in [2.05, 4.69) is 39.4 Å². The molecule has 0 amide bonds. The van der Waals surface area contributed by atoms with E-state index in [1.165, 1.54) is 15.6 Å². The van der Waals surface area contributed by atoms with E-state index in [0.29, 0.717) is 0 Å². The summed E-state index contributed by atoms with van der Waals surface area (Å²) in [6, 6.07) is 15.6. The van der Waals surface area contributed by atoms with Crippen LogP contribution in [0.5, 0.6) is 0 Å². The van der Waals surface area contributed by atoms with Gasteiger partial charge in [-0.05, 0) is 34.5 Å². The summed E-state index contributed by atoms with van der Waals surface area (Å²) in [5, 5.41) is 3.64. The number of thiophene rings is 1. The molecule has 4 heteroatoms. The van der Waals surface area contributed by atoms with Crippen LogP contribution in [0, 0.1) is 5.82 Å². The van der Waals surface area contributed by atoms with Gasteiger partial charge in [0, 0.05) is 37.4 Å². The van der Waals surface area contributed by atoms with Gasteiger partial charge in [-0.15, -0.1) is 11.3 Å². The lowest BCUT2D eigenvalue weighted by molar-refractivity contribution is 0.250. The highest BCUT2D eigenvalue weighted by atomic mass is 32.1. The highest BCUT2D eigenvalue weighted by Gasteiger charge is 2.20. The van der Waals surface area contributed by atoms with Crippen LogP contribution in [0.3, 0.4) is 0 Å². The minimum Gasteiger partial charge on any atom is -0.367 e. The summed E-state index contributed by atoms with van der Waals surface area (Å²) < 4.78 is 15.3. The Morgan fingerprint density at radius 1 is 0.913 bits per heavy atom. The topological polar surface area (TPSA) is 6.48 Å². The lowest BCUT2D eigenvalue weighted by Gasteiger charge is -2.36. The number of benzene rings is 2. The quantitative estimate of drug-likeness (QED) is 0.705. The van der Waals surface area contributed by atoms with Gasteiger partial charge in [0.1, 0.15) is 5.82 Å². The molecule has 2 heterocycles. The lowest BCUT2D eigenvalue weighted by atomic mass is 10.1. The van der Waals surface area contributed by atoms with Crippen molar-refractivity contribution in [1.29, 1.82) is 0 Å². The molecular formula is C19H19FN2S. The van der Waals surface area contributed by atoms with E-state index in [-0.39, 0.29) is 5.82 Å². The fourth-order valence-electron chi connectivity index (χ4n) is 3.25. The average molecular weight is 326 g/mol. The maximum atomic E-state index is 13.9. The van der Waals surface area contributed by atoms with Crippen molar-refractivity contribution in [2.24, 2.45) is 0 Å². The summed E-state index contributed by atoms with van der Waals surface area (Å²) in [5.74, 6) is -0.121. The Bertz CT molecular complexity index is 806. The summed E-state index contributed by atoms with van der Waals surface area (Å²) in [5.41, 5.74) is 2.14. The van der Waals surface area contributed by atoms with Gasteiger partial charge in [0.2, 0.25) is 0 Å². The molecule has 0 radical (unpaired) electrons. The monoisotopic (exact) mass is 326 g/mol. The van der Waals surface area contributed by atoms with Crippen molar-refractivity contribution in [2.45, 2.75) is 6.54 Å². The van der Waals surface area contributed by atoms with Crippen LogP contribution in [0.2, 0.25) is 0 Å². The van der Waals surface area contributed by atoms with Crippen molar-refractivity contribution in [2.75, 3.05) is 31.1 Å². The number of nitrogens with zero attached hydrogens (tertiary/aromatic N) is 2. The summed E-state index contributed by atoms with van der Waals surface area (Å²) in [4.78, 5) is 4.61. The first-order valence-corrected chi connectivity index (χ1v) is 8.86. The van der Waals surface area contributed by atoms with Crippen LogP contribution in [0.1, 0.15) is 5.56 Å². The minimum atomic E-state index is -0.121. The van der Waals surface area contributed by atoms with Gasteiger partial charge in [0.25, 0.3) is 0 Å². The van der Waals surface area contributed by atoms with E-state index < -0.39 is 0 Å². The van der Waals surface area contributed by atoms with E-state index in [1.54, 1.807) is 12.1 Å². The number of rotatable bonds is 3. The van der Waals surface area contributed by atoms with Crippen LogP contribution in [0.15, 0.2) is 53.9 Å². The van der Waals surface area contributed by atoms with Crippen LogP contribution in [-0.2, 0) is 6.54 Å². The molecule has 0 N–H and O–H groups in total. The van der Waals surface area contributed by atoms with Gasteiger partial charge in [0.15, 0.2) is 0 Å². The van der Waals surface area contributed by atoms with Gasteiger partial charge in [-0.25, -0.2) is 4.39 Å². The molecule has 0 bridgehead atoms. The highest BCUT2D eigenvalue weighted by Crippen LogP contribution is 2.27. The molecule has 1 fully saturated rings. The van der Waals surface area contributed by atoms with E-state index in [4.69, 9.17) is 0 Å². The molecule has 0 unspecified atom stereocenters. The Labute approximate surface area is 139 Å². The molecule has 0 aliphatic carbocycles. The molecule has 0 saturated carbocycles. The summed E-state index contributed by atoms with van der Waals surface area (Å²) >= 11 is 1.82. The number of anilines is 1. The van der Waals surface area contributed by atoms with E-state index in [9.17, 15) is 4.39 Å². The molecule has 1 aliphatic rings. The van der Waals surface area contributed by atoms with Gasteiger partial charge < -0.3 is 4.90 Å². The van der Waals surface area contributed by atoms with Crippen molar-refractivity contribution in [3.63, 3.8) is 0 Å². The lowest BCUT2D eigenvalue weighted by Crippen LogP contribution is -2.46. The maximum Gasteiger partial charge on any atom is 0.146 e. The molecular weight excluding hydrogens is 307 g/mol. The molecule has 23 heavy (non-hydrogen) atoms. The first-order valence-electron chi connectivity index (χ1n) is 7.98. The number of halogens is 1. The number of hydrogen-bond acceptors (Lipinski definition) is 3. The predicted molar refractivity (Wildman–Crippen MR) is 95.7 cm³/mol. The fraction of sp³-hybridized carbons (Fsp3) is 0.263. The van der Waals surface area contributed by atoms with Crippen molar-refractivity contribution < 1.29 is 4.39 Å². The summed E-state index contributed by atoms with van der Waals surface area (Å²) in [6.45, 7) is 4.68. The summed E-state index contributed by atoms with van der Waals surface area (Å²) in [6.07, 6.45) is 0. The fourth-order valence-corrected chi connectivity index (χ4v) is 4.21. The number of hydrogen-bond donors (Lipinski definition) is 0. The summed E-state index contributed by atoms with van der Waals surface area (Å²) in [7, 11) is 0. The first-order chi connectivity index (χ1) is 11.3. The zero-order valence-corrected chi connectivity index (χ0v) is 13.7. The van der Waals surface area contributed by atoms with Crippen molar-refractivity contribution in [3.05, 3.63) is 65.3 Å². The number of para-hydroxylation sites is 1. The normalized spacial score (nSPS) is 16.1. The molecule has 118 valence electrons. The van der Waals surface area contributed by atoms with Crippen molar-refractivity contribution in [3.8, 4) is 0 Å². The molecule has 1 saturated heterocycles. The molecule has 1 aliphatic heterocycles. The molecule has 3 aromatic rings. The third-order valence-electron chi connectivity index (χ3n) is 4.52. The van der Waals surface area contributed by atoms with Crippen LogP contribution in [0.25, 0.3) is 10.1 Å². The van der Waals surface area contributed by atoms with Crippen LogP contribution >= 0.6 is 11.3 Å². The maximum absolute atomic E-state index is 13.9. The van der Waals surface area contributed by atoms with Gasteiger partial charge in [0.05, 0.1) is 5.69 Å². The van der Waals surface area contributed by atoms with E-state index >= 15 is 0 Å². The molecule has 2 nitrogen and oxygen atoms in total. The van der Waals surface area contributed by atoms with Gasteiger partial charge in [-0.2, -0.15) is 0 Å². The van der Waals surface area contributed by atoms with Crippen LogP contribution < -0.4 is 4.90 Å². The SMILES string of the molecule is Fc1ccccc1N1CCN(Cc2csc3ccccc23)CC1. The van der Waals surface area contributed by atoms with E-state index in [0.717, 1.165) is 38.4 Å². The van der Waals surface area contributed by atoms with Crippen LogP contribution in [0.4, 0.5) is 10.1 Å².